The van der Waals surface area contributed by atoms with Gasteiger partial charge in [-0.05, 0) is 40.5 Å². The molecule has 0 radical (unpaired) electrons. The number of carboxylic acid groups (broad SMARTS) is 1. The molecule has 2 aromatic rings. The van der Waals surface area contributed by atoms with Crippen LogP contribution in [0.4, 0.5) is 4.79 Å². The molecule has 182 valence electrons. The van der Waals surface area contributed by atoms with E-state index in [2.05, 4.69) is 34.9 Å². The second kappa shape index (κ2) is 10.7. The van der Waals surface area contributed by atoms with Gasteiger partial charge in [0.15, 0.2) is 0 Å². The van der Waals surface area contributed by atoms with Crippen molar-refractivity contribution in [3.63, 3.8) is 0 Å². The summed E-state index contributed by atoms with van der Waals surface area (Å²) >= 11 is 0. The highest BCUT2D eigenvalue weighted by Gasteiger charge is 2.30. The number of alkyl carbamates (subject to hydrolysis) is 1. The number of hydrogen-bond donors (Lipinski definition) is 3. The molecule has 0 spiro atoms. The second-order valence-electron chi connectivity index (χ2n) is 9.98. The molecule has 1 aliphatic rings. The van der Waals surface area contributed by atoms with Crippen molar-refractivity contribution >= 4 is 18.0 Å². The van der Waals surface area contributed by atoms with Crippen LogP contribution >= 0.6 is 0 Å². The molecule has 0 aliphatic heterocycles. The SMILES string of the molecule is CCC(CNC(=O)OCC1c2ccccc2-c2ccccc21)C(=O)NC(CC(C)(C)C)C(=O)O. The Morgan fingerprint density at radius 2 is 1.56 bits per heavy atom. The summed E-state index contributed by atoms with van der Waals surface area (Å²) in [5, 5.41) is 14.8. The molecular formula is C27H34N2O5. The molecule has 2 aromatic carbocycles. The average molecular weight is 467 g/mol. The number of carbonyl (C=O) groups excluding carboxylic acids is 2. The van der Waals surface area contributed by atoms with Crippen molar-refractivity contribution in [1.82, 2.24) is 10.6 Å². The Balaban J connectivity index is 1.55. The highest BCUT2D eigenvalue weighted by Crippen LogP contribution is 2.44. The number of fused-ring (bicyclic) bond motifs is 3. The minimum absolute atomic E-state index is 0.0443. The van der Waals surface area contributed by atoms with Gasteiger partial charge in [-0.1, -0.05) is 76.2 Å². The molecule has 1 aliphatic carbocycles. The van der Waals surface area contributed by atoms with Gasteiger partial charge < -0.3 is 20.5 Å². The lowest BCUT2D eigenvalue weighted by Crippen LogP contribution is -2.47. The third-order valence-electron chi connectivity index (χ3n) is 6.13. The maximum Gasteiger partial charge on any atom is 0.407 e. The molecule has 34 heavy (non-hydrogen) atoms. The Labute approximate surface area is 200 Å². The van der Waals surface area contributed by atoms with Gasteiger partial charge in [0.1, 0.15) is 12.6 Å². The van der Waals surface area contributed by atoms with Gasteiger partial charge >= 0.3 is 12.1 Å². The normalized spacial score (nSPS) is 14.5. The van der Waals surface area contributed by atoms with Crippen LogP contribution < -0.4 is 10.6 Å². The molecular weight excluding hydrogens is 432 g/mol. The van der Waals surface area contributed by atoms with Crippen molar-refractivity contribution in [2.75, 3.05) is 13.2 Å². The maximum absolute atomic E-state index is 12.7. The lowest BCUT2D eigenvalue weighted by molar-refractivity contribution is -0.143. The predicted molar refractivity (Wildman–Crippen MR) is 130 cm³/mol. The van der Waals surface area contributed by atoms with Crippen LogP contribution in [-0.2, 0) is 14.3 Å². The number of benzene rings is 2. The molecule has 0 saturated carbocycles. The topological polar surface area (TPSA) is 105 Å². The zero-order valence-electron chi connectivity index (χ0n) is 20.3. The Kier molecular flexibility index (Phi) is 7.97. The smallest absolute Gasteiger partial charge is 0.407 e. The summed E-state index contributed by atoms with van der Waals surface area (Å²) < 4.78 is 5.52. The summed E-state index contributed by atoms with van der Waals surface area (Å²) in [5.74, 6) is -2.06. The fourth-order valence-corrected chi connectivity index (χ4v) is 4.38. The molecule has 2 atom stereocenters. The van der Waals surface area contributed by atoms with Crippen LogP contribution in [0.3, 0.4) is 0 Å². The first kappa shape index (κ1) is 25.3. The van der Waals surface area contributed by atoms with E-state index in [0.29, 0.717) is 12.8 Å². The lowest BCUT2D eigenvalue weighted by Gasteiger charge is -2.25. The minimum atomic E-state index is -1.07. The van der Waals surface area contributed by atoms with Crippen LogP contribution in [0.5, 0.6) is 0 Å². The van der Waals surface area contributed by atoms with Crippen LogP contribution in [0, 0.1) is 11.3 Å². The molecule has 7 nitrogen and oxygen atoms in total. The van der Waals surface area contributed by atoms with E-state index in [0.717, 1.165) is 22.3 Å². The van der Waals surface area contributed by atoms with E-state index in [4.69, 9.17) is 4.74 Å². The van der Waals surface area contributed by atoms with Gasteiger partial charge in [0.2, 0.25) is 5.91 Å². The number of hydrogen-bond acceptors (Lipinski definition) is 4. The predicted octanol–water partition coefficient (Wildman–Crippen LogP) is 4.56. The van der Waals surface area contributed by atoms with Gasteiger partial charge in [-0.2, -0.15) is 0 Å². The molecule has 2 unspecified atom stereocenters. The fraction of sp³-hybridized carbons (Fsp3) is 0.444. The third kappa shape index (κ3) is 6.16. The Hall–Kier alpha value is -3.35. The number of carboxylic acids is 1. The molecule has 0 bridgehead atoms. The van der Waals surface area contributed by atoms with Crippen molar-refractivity contribution in [3.05, 3.63) is 59.7 Å². The standard InChI is InChI=1S/C27H34N2O5/c1-5-17(24(30)29-23(25(31)32)14-27(2,3)4)15-28-26(33)34-16-22-20-12-8-6-10-18(20)19-11-7-9-13-21(19)22/h6-13,17,22-23H,5,14-16H2,1-4H3,(H,28,33)(H,29,30)(H,31,32). The molecule has 0 fully saturated rings. The van der Waals surface area contributed by atoms with E-state index >= 15 is 0 Å². The Bertz CT molecular complexity index is 998. The van der Waals surface area contributed by atoms with Crippen LogP contribution in [0.25, 0.3) is 11.1 Å². The van der Waals surface area contributed by atoms with E-state index in [1.165, 1.54) is 0 Å². The van der Waals surface area contributed by atoms with Crippen LogP contribution in [-0.4, -0.2) is 42.3 Å². The van der Waals surface area contributed by atoms with Gasteiger partial charge in [0, 0.05) is 12.5 Å². The molecule has 0 aromatic heterocycles. The molecule has 0 saturated heterocycles. The summed E-state index contributed by atoms with van der Waals surface area (Å²) in [5.41, 5.74) is 4.30. The lowest BCUT2D eigenvalue weighted by atomic mass is 9.88. The summed E-state index contributed by atoms with van der Waals surface area (Å²) in [4.78, 5) is 36.7. The molecule has 2 amide bonds. The third-order valence-corrected chi connectivity index (χ3v) is 6.13. The largest absolute Gasteiger partial charge is 0.480 e. The zero-order valence-corrected chi connectivity index (χ0v) is 20.3. The highest BCUT2D eigenvalue weighted by molar-refractivity contribution is 5.85. The van der Waals surface area contributed by atoms with E-state index in [1.807, 2.05) is 52.0 Å². The first-order chi connectivity index (χ1) is 16.1. The molecule has 3 N–H and O–H groups in total. The van der Waals surface area contributed by atoms with Crippen LogP contribution in [0.15, 0.2) is 48.5 Å². The first-order valence-electron chi connectivity index (χ1n) is 11.7. The van der Waals surface area contributed by atoms with E-state index in [1.54, 1.807) is 0 Å². The molecule has 0 heterocycles. The van der Waals surface area contributed by atoms with Gasteiger partial charge in [0.05, 0.1) is 5.92 Å². The van der Waals surface area contributed by atoms with Gasteiger partial charge in [-0.25, -0.2) is 9.59 Å². The average Bonchev–Trinajstić information content (AvgIpc) is 3.10. The van der Waals surface area contributed by atoms with Crippen LogP contribution in [0.1, 0.15) is 57.6 Å². The van der Waals surface area contributed by atoms with Crippen molar-refractivity contribution in [2.45, 2.75) is 52.5 Å². The van der Waals surface area contributed by atoms with E-state index in [9.17, 15) is 19.5 Å². The summed E-state index contributed by atoms with van der Waals surface area (Å²) in [6, 6.07) is 15.2. The van der Waals surface area contributed by atoms with E-state index < -0.39 is 29.9 Å². The number of aliphatic carboxylic acids is 1. The number of nitrogens with one attached hydrogen (secondary N) is 2. The van der Waals surface area contributed by atoms with Crippen molar-refractivity contribution in [3.8, 4) is 11.1 Å². The summed E-state index contributed by atoms with van der Waals surface area (Å²) in [6.45, 7) is 7.85. The van der Waals surface area contributed by atoms with Crippen molar-refractivity contribution < 1.29 is 24.2 Å². The minimum Gasteiger partial charge on any atom is -0.480 e. The van der Waals surface area contributed by atoms with E-state index in [-0.39, 0.29) is 24.5 Å². The van der Waals surface area contributed by atoms with Gasteiger partial charge in [-0.3, -0.25) is 4.79 Å². The quantitative estimate of drug-likeness (QED) is 0.503. The summed E-state index contributed by atoms with van der Waals surface area (Å²) in [6.07, 6.45) is 0.166. The number of amides is 2. The van der Waals surface area contributed by atoms with Crippen molar-refractivity contribution in [1.29, 1.82) is 0 Å². The van der Waals surface area contributed by atoms with Crippen molar-refractivity contribution in [2.24, 2.45) is 11.3 Å². The Morgan fingerprint density at radius 3 is 2.06 bits per heavy atom. The monoisotopic (exact) mass is 466 g/mol. The number of rotatable bonds is 9. The molecule has 3 rings (SSSR count). The second-order valence-corrected chi connectivity index (χ2v) is 9.98. The number of ether oxygens (including phenoxy) is 1. The maximum atomic E-state index is 12.7. The van der Waals surface area contributed by atoms with Gasteiger partial charge in [0.25, 0.3) is 0 Å². The summed E-state index contributed by atoms with van der Waals surface area (Å²) in [7, 11) is 0. The number of carbonyl (C=O) groups is 3. The molecule has 7 heteroatoms. The fourth-order valence-electron chi connectivity index (χ4n) is 4.38. The Morgan fingerprint density at radius 1 is 1.00 bits per heavy atom. The zero-order chi connectivity index (χ0) is 24.9. The highest BCUT2D eigenvalue weighted by atomic mass is 16.5. The first-order valence-corrected chi connectivity index (χ1v) is 11.7. The van der Waals surface area contributed by atoms with Crippen LogP contribution in [0.2, 0.25) is 0 Å². The van der Waals surface area contributed by atoms with Gasteiger partial charge in [-0.15, -0.1) is 0 Å².